The van der Waals surface area contributed by atoms with Crippen LogP contribution in [0.1, 0.15) is 23.2 Å². The molecule has 2 aromatic rings. The van der Waals surface area contributed by atoms with Crippen molar-refractivity contribution in [2.75, 3.05) is 13.1 Å². The van der Waals surface area contributed by atoms with Gasteiger partial charge in [-0.3, -0.25) is 0 Å². The summed E-state index contributed by atoms with van der Waals surface area (Å²) in [6, 6.07) is 12.5. The Morgan fingerprint density at radius 2 is 2.22 bits per heavy atom. The fourth-order valence-electron chi connectivity index (χ4n) is 2.41. The van der Waals surface area contributed by atoms with Gasteiger partial charge in [-0.15, -0.1) is 11.8 Å². The minimum atomic E-state index is -0.339. The number of thioether (sulfide) groups is 1. The number of aromatic nitrogens is 1. The second-order valence-electron chi connectivity index (χ2n) is 5.25. The Bertz CT molecular complexity index is 780. The molecule has 0 saturated carbocycles. The van der Waals surface area contributed by atoms with E-state index in [0.29, 0.717) is 16.9 Å². The van der Waals surface area contributed by atoms with Crippen LogP contribution in [0.4, 0.5) is 4.39 Å². The van der Waals surface area contributed by atoms with Gasteiger partial charge in [0.05, 0.1) is 22.4 Å². The molecule has 1 aromatic carbocycles. The van der Waals surface area contributed by atoms with Crippen molar-refractivity contribution in [3.63, 3.8) is 0 Å². The van der Waals surface area contributed by atoms with E-state index in [1.54, 1.807) is 12.1 Å². The van der Waals surface area contributed by atoms with Gasteiger partial charge in [-0.05, 0) is 48.4 Å². The van der Waals surface area contributed by atoms with E-state index in [1.165, 1.54) is 23.4 Å². The molecule has 0 bridgehead atoms. The number of hydrogen-bond donors (Lipinski definition) is 1. The highest BCUT2D eigenvalue weighted by Gasteiger charge is 2.09. The zero-order valence-corrected chi connectivity index (χ0v) is 13.4. The number of pyridine rings is 1. The van der Waals surface area contributed by atoms with Crippen molar-refractivity contribution in [3.8, 4) is 6.07 Å². The van der Waals surface area contributed by atoms with Gasteiger partial charge in [0.1, 0.15) is 5.82 Å². The molecule has 0 amide bonds. The molecule has 3 nitrogen and oxygen atoms in total. The van der Waals surface area contributed by atoms with Crippen LogP contribution in [-0.4, -0.2) is 18.1 Å². The summed E-state index contributed by atoms with van der Waals surface area (Å²) in [5.41, 5.74) is 3.18. The summed E-state index contributed by atoms with van der Waals surface area (Å²) in [7, 11) is 0. The van der Waals surface area contributed by atoms with Crippen molar-refractivity contribution < 1.29 is 4.39 Å². The summed E-state index contributed by atoms with van der Waals surface area (Å²) in [6.07, 6.45) is 3.14. The van der Waals surface area contributed by atoms with Gasteiger partial charge in [-0.2, -0.15) is 5.26 Å². The standard InChI is InChI=1S/C18H16FN3S/c19-16-10-13(11-20)4-5-15(16)12-23-18-3-1-2-17(22-18)14-6-8-21-9-7-14/h1-6,10,21H,7-9,12H2. The molecular weight excluding hydrogens is 309 g/mol. The number of nitrogens with zero attached hydrogens (tertiary/aromatic N) is 2. The lowest BCUT2D eigenvalue weighted by atomic mass is 10.1. The van der Waals surface area contributed by atoms with E-state index in [-0.39, 0.29) is 5.82 Å². The Labute approximate surface area is 139 Å². The molecule has 2 heterocycles. The molecule has 116 valence electrons. The van der Waals surface area contributed by atoms with Gasteiger partial charge < -0.3 is 5.32 Å². The first kappa shape index (κ1) is 15.7. The highest BCUT2D eigenvalue weighted by atomic mass is 32.2. The molecule has 0 fully saturated rings. The zero-order valence-electron chi connectivity index (χ0n) is 12.6. The van der Waals surface area contributed by atoms with Crippen molar-refractivity contribution in [1.82, 2.24) is 10.3 Å². The largest absolute Gasteiger partial charge is 0.313 e. The Balaban J connectivity index is 1.71. The molecule has 0 atom stereocenters. The third-order valence-electron chi connectivity index (χ3n) is 3.67. The van der Waals surface area contributed by atoms with E-state index in [1.807, 2.05) is 24.3 Å². The van der Waals surface area contributed by atoms with Gasteiger partial charge in [0.25, 0.3) is 0 Å². The summed E-state index contributed by atoms with van der Waals surface area (Å²) in [4.78, 5) is 4.67. The van der Waals surface area contributed by atoms with E-state index < -0.39 is 0 Å². The zero-order chi connectivity index (χ0) is 16.1. The second-order valence-corrected chi connectivity index (χ2v) is 6.25. The second kappa shape index (κ2) is 7.40. The summed E-state index contributed by atoms with van der Waals surface area (Å²) < 4.78 is 13.9. The number of rotatable bonds is 4. The first-order valence-electron chi connectivity index (χ1n) is 7.45. The monoisotopic (exact) mass is 325 g/mol. The minimum Gasteiger partial charge on any atom is -0.313 e. The highest BCUT2D eigenvalue weighted by Crippen LogP contribution is 2.25. The third kappa shape index (κ3) is 3.98. The van der Waals surface area contributed by atoms with E-state index in [9.17, 15) is 4.39 Å². The molecule has 0 unspecified atom stereocenters. The topological polar surface area (TPSA) is 48.7 Å². The van der Waals surface area contributed by atoms with E-state index in [0.717, 1.165) is 30.2 Å². The molecule has 0 saturated heterocycles. The highest BCUT2D eigenvalue weighted by molar-refractivity contribution is 7.98. The van der Waals surface area contributed by atoms with E-state index >= 15 is 0 Å². The molecule has 3 rings (SSSR count). The number of nitrogens with one attached hydrogen (secondary N) is 1. The number of benzene rings is 1. The quantitative estimate of drug-likeness (QED) is 0.870. The van der Waals surface area contributed by atoms with Crippen LogP contribution in [0, 0.1) is 17.1 Å². The molecule has 1 aromatic heterocycles. The molecule has 0 spiro atoms. The van der Waals surface area contributed by atoms with E-state index in [4.69, 9.17) is 5.26 Å². The molecule has 5 heteroatoms. The molecule has 23 heavy (non-hydrogen) atoms. The Morgan fingerprint density at radius 3 is 2.96 bits per heavy atom. The predicted molar refractivity (Wildman–Crippen MR) is 90.4 cm³/mol. The Morgan fingerprint density at radius 1 is 1.30 bits per heavy atom. The lowest BCUT2D eigenvalue weighted by Crippen LogP contribution is -2.20. The molecule has 1 aliphatic rings. The van der Waals surface area contributed by atoms with Gasteiger partial charge >= 0.3 is 0 Å². The maximum atomic E-state index is 13.9. The molecule has 0 aliphatic carbocycles. The van der Waals surface area contributed by atoms with Crippen LogP contribution < -0.4 is 5.32 Å². The predicted octanol–water partition coefficient (Wildman–Crippen LogP) is 3.76. The van der Waals surface area contributed by atoms with Crippen molar-refractivity contribution in [3.05, 3.63) is 65.1 Å². The summed E-state index contributed by atoms with van der Waals surface area (Å²) in [5.74, 6) is 0.156. The Kier molecular flexibility index (Phi) is 5.06. The average Bonchev–Trinajstić information content (AvgIpc) is 2.61. The normalized spacial score (nSPS) is 14.2. The van der Waals surface area contributed by atoms with Crippen molar-refractivity contribution in [1.29, 1.82) is 5.26 Å². The minimum absolute atomic E-state index is 0.339. The number of nitriles is 1. The lowest BCUT2D eigenvalue weighted by Gasteiger charge is -2.14. The number of halogens is 1. The smallest absolute Gasteiger partial charge is 0.128 e. The fraction of sp³-hybridized carbons (Fsp3) is 0.222. The summed E-state index contributed by atoms with van der Waals surface area (Å²) in [5, 5.41) is 12.9. The summed E-state index contributed by atoms with van der Waals surface area (Å²) >= 11 is 1.50. The van der Waals surface area contributed by atoms with E-state index in [2.05, 4.69) is 16.4 Å². The van der Waals surface area contributed by atoms with Crippen molar-refractivity contribution in [2.24, 2.45) is 0 Å². The third-order valence-corrected chi connectivity index (χ3v) is 4.65. The van der Waals surface area contributed by atoms with Crippen LogP contribution in [0.5, 0.6) is 0 Å². The van der Waals surface area contributed by atoms with Crippen LogP contribution in [0.15, 0.2) is 47.5 Å². The van der Waals surface area contributed by atoms with Gasteiger partial charge in [-0.1, -0.05) is 18.2 Å². The van der Waals surface area contributed by atoms with Crippen LogP contribution >= 0.6 is 11.8 Å². The van der Waals surface area contributed by atoms with Gasteiger partial charge in [0.15, 0.2) is 0 Å². The summed E-state index contributed by atoms with van der Waals surface area (Å²) in [6.45, 7) is 1.85. The van der Waals surface area contributed by atoms with Crippen LogP contribution in [0.25, 0.3) is 5.57 Å². The van der Waals surface area contributed by atoms with Gasteiger partial charge in [0, 0.05) is 12.3 Å². The van der Waals surface area contributed by atoms with Gasteiger partial charge in [-0.25, -0.2) is 9.37 Å². The van der Waals surface area contributed by atoms with Crippen LogP contribution in [-0.2, 0) is 5.75 Å². The van der Waals surface area contributed by atoms with Crippen molar-refractivity contribution in [2.45, 2.75) is 17.2 Å². The fourth-order valence-corrected chi connectivity index (χ4v) is 3.29. The molecule has 1 aliphatic heterocycles. The first-order valence-corrected chi connectivity index (χ1v) is 8.43. The van der Waals surface area contributed by atoms with Crippen LogP contribution in [0.3, 0.4) is 0 Å². The molecular formula is C18H16FN3S. The first-order chi connectivity index (χ1) is 11.3. The van der Waals surface area contributed by atoms with Gasteiger partial charge in [0.2, 0.25) is 0 Å². The average molecular weight is 325 g/mol. The lowest BCUT2D eigenvalue weighted by molar-refractivity contribution is 0.617. The SMILES string of the molecule is N#Cc1ccc(CSc2cccc(C3=CCNCC3)n2)c(F)c1. The molecule has 0 radical (unpaired) electrons. The Hall–Kier alpha value is -2.16. The maximum absolute atomic E-state index is 13.9. The molecule has 1 N–H and O–H groups in total. The van der Waals surface area contributed by atoms with Crippen LogP contribution in [0.2, 0.25) is 0 Å². The maximum Gasteiger partial charge on any atom is 0.128 e. The number of hydrogen-bond acceptors (Lipinski definition) is 4. The van der Waals surface area contributed by atoms with Crippen molar-refractivity contribution >= 4 is 17.3 Å².